The number of hydrogen-bond acceptors (Lipinski definition) is 2. The molecular weight excluding hydrogens is 256 g/mol. The van der Waals surface area contributed by atoms with Crippen molar-refractivity contribution in [2.24, 2.45) is 5.92 Å². The first-order valence-electron chi connectivity index (χ1n) is 8.59. The third-order valence-corrected chi connectivity index (χ3v) is 4.59. The standard InChI is InChI=1S/C19H30N2/c1-19(2,3)20-13-18(16-7-5-4-6-8-16)21(17-11-12-17)14-15-9-10-15/h4-8,15,17-18,20H,9-14H2,1-3H3. The molecule has 0 aromatic heterocycles. The van der Waals surface area contributed by atoms with Crippen LogP contribution >= 0.6 is 0 Å². The molecule has 0 aliphatic heterocycles. The van der Waals surface area contributed by atoms with E-state index in [4.69, 9.17) is 0 Å². The Morgan fingerprint density at radius 3 is 2.29 bits per heavy atom. The molecule has 0 radical (unpaired) electrons. The van der Waals surface area contributed by atoms with Crippen molar-refractivity contribution in [1.82, 2.24) is 10.2 Å². The maximum Gasteiger partial charge on any atom is 0.0475 e. The van der Waals surface area contributed by atoms with Crippen LogP contribution in [0.1, 0.15) is 58.1 Å². The maximum atomic E-state index is 3.74. The van der Waals surface area contributed by atoms with E-state index < -0.39 is 0 Å². The maximum absolute atomic E-state index is 3.74. The molecule has 116 valence electrons. The lowest BCUT2D eigenvalue weighted by atomic mass is 10.0. The van der Waals surface area contributed by atoms with Gasteiger partial charge in [0.15, 0.2) is 0 Å². The molecule has 1 atom stereocenters. The van der Waals surface area contributed by atoms with E-state index in [0.717, 1.165) is 18.5 Å². The summed E-state index contributed by atoms with van der Waals surface area (Å²) in [6.45, 7) is 9.14. The van der Waals surface area contributed by atoms with Crippen molar-refractivity contribution in [3.63, 3.8) is 0 Å². The molecule has 2 nitrogen and oxygen atoms in total. The number of rotatable bonds is 7. The average Bonchev–Trinajstić information content (AvgIpc) is 3.31. The van der Waals surface area contributed by atoms with Gasteiger partial charge in [0.25, 0.3) is 0 Å². The third-order valence-electron chi connectivity index (χ3n) is 4.59. The van der Waals surface area contributed by atoms with E-state index in [1.54, 1.807) is 0 Å². The average molecular weight is 286 g/mol. The van der Waals surface area contributed by atoms with Crippen molar-refractivity contribution in [3.05, 3.63) is 35.9 Å². The fraction of sp³-hybridized carbons (Fsp3) is 0.684. The van der Waals surface area contributed by atoms with Gasteiger partial charge in [-0.15, -0.1) is 0 Å². The largest absolute Gasteiger partial charge is 0.310 e. The Kier molecular flexibility index (Phi) is 4.37. The SMILES string of the molecule is CC(C)(C)NCC(c1ccccc1)N(CC1CC1)C1CC1. The lowest BCUT2D eigenvalue weighted by Crippen LogP contribution is -2.44. The summed E-state index contributed by atoms with van der Waals surface area (Å²) in [4.78, 5) is 2.80. The molecule has 1 aromatic rings. The molecule has 1 aromatic carbocycles. The van der Waals surface area contributed by atoms with Crippen LogP contribution in [0.2, 0.25) is 0 Å². The molecule has 0 saturated heterocycles. The van der Waals surface area contributed by atoms with Gasteiger partial charge in [-0.2, -0.15) is 0 Å². The second-order valence-corrected chi connectivity index (χ2v) is 7.93. The number of nitrogens with one attached hydrogen (secondary N) is 1. The lowest BCUT2D eigenvalue weighted by molar-refractivity contribution is 0.166. The predicted octanol–water partition coefficient (Wildman–Crippen LogP) is 3.99. The van der Waals surface area contributed by atoms with Crippen LogP contribution in [-0.2, 0) is 0 Å². The highest BCUT2D eigenvalue weighted by Crippen LogP contribution is 2.39. The van der Waals surface area contributed by atoms with Gasteiger partial charge in [0.05, 0.1) is 0 Å². The molecule has 0 amide bonds. The van der Waals surface area contributed by atoms with Crippen molar-refractivity contribution in [1.29, 1.82) is 0 Å². The Morgan fingerprint density at radius 1 is 1.10 bits per heavy atom. The van der Waals surface area contributed by atoms with Gasteiger partial charge in [-0.3, -0.25) is 4.90 Å². The molecule has 2 fully saturated rings. The molecule has 2 heteroatoms. The zero-order valence-corrected chi connectivity index (χ0v) is 13.8. The van der Waals surface area contributed by atoms with E-state index >= 15 is 0 Å². The molecule has 0 spiro atoms. The van der Waals surface area contributed by atoms with E-state index in [0.29, 0.717) is 6.04 Å². The fourth-order valence-electron chi connectivity index (χ4n) is 3.04. The van der Waals surface area contributed by atoms with Crippen LogP contribution in [0.4, 0.5) is 0 Å². The molecule has 0 heterocycles. The van der Waals surface area contributed by atoms with E-state index in [2.05, 4.69) is 61.3 Å². The van der Waals surface area contributed by atoms with Crippen molar-refractivity contribution in [2.75, 3.05) is 13.1 Å². The zero-order valence-electron chi connectivity index (χ0n) is 13.8. The number of nitrogens with zero attached hydrogens (tertiary/aromatic N) is 1. The van der Waals surface area contributed by atoms with Crippen molar-refractivity contribution in [2.45, 2.75) is 64.1 Å². The molecular formula is C19H30N2. The minimum atomic E-state index is 0.182. The van der Waals surface area contributed by atoms with Crippen molar-refractivity contribution in [3.8, 4) is 0 Å². The lowest BCUT2D eigenvalue weighted by Gasteiger charge is -2.35. The number of hydrogen-bond donors (Lipinski definition) is 1. The number of benzene rings is 1. The summed E-state index contributed by atoms with van der Waals surface area (Å²) in [5, 5.41) is 3.74. The fourth-order valence-corrected chi connectivity index (χ4v) is 3.04. The molecule has 0 bridgehead atoms. The minimum absolute atomic E-state index is 0.182. The van der Waals surface area contributed by atoms with E-state index in [1.165, 1.54) is 37.8 Å². The van der Waals surface area contributed by atoms with Crippen LogP contribution in [0.15, 0.2) is 30.3 Å². The van der Waals surface area contributed by atoms with Crippen LogP contribution in [0.5, 0.6) is 0 Å². The minimum Gasteiger partial charge on any atom is -0.310 e. The summed E-state index contributed by atoms with van der Waals surface area (Å²) in [6, 6.07) is 12.5. The third kappa shape index (κ3) is 4.55. The highest BCUT2D eigenvalue weighted by molar-refractivity contribution is 5.20. The van der Waals surface area contributed by atoms with Gasteiger partial charge in [-0.25, -0.2) is 0 Å². The Hall–Kier alpha value is -0.860. The molecule has 2 aliphatic carbocycles. The van der Waals surface area contributed by atoms with E-state index in [9.17, 15) is 0 Å². The van der Waals surface area contributed by atoms with Gasteiger partial charge in [-0.05, 0) is 57.9 Å². The molecule has 2 saturated carbocycles. The summed E-state index contributed by atoms with van der Waals surface area (Å²) in [6.07, 6.45) is 5.67. The quantitative estimate of drug-likeness (QED) is 0.815. The van der Waals surface area contributed by atoms with Crippen LogP contribution in [0.3, 0.4) is 0 Å². The van der Waals surface area contributed by atoms with Crippen LogP contribution in [0, 0.1) is 5.92 Å². The monoisotopic (exact) mass is 286 g/mol. The summed E-state index contributed by atoms with van der Waals surface area (Å²) in [5.74, 6) is 0.964. The first kappa shape index (κ1) is 15.1. The Bertz CT molecular complexity index is 440. The second-order valence-electron chi connectivity index (χ2n) is 7.93. The summed E-state index contributed by atoms with van der Waals surface area (Å²) >= 11 is 0. The summed E-state index contributed by atoms with van der Waals surface area (Å²) in [5.41, 5.74) is 1.66. The second kappa shape index (κ2) is 6.10. The van der Waals surface area contributed by atoms with Gasteiger partial charge in [0, 0.05) is 30.7 Å². The Labute approximate surface area is 129 Å². The first-order chi connectivity index (χ1) is 10.0. The van der Waals surface area contributed by atoms with Crippen molar-refractivity contribution < 1.29 is 0 Å². The van der Waals surface area contributed by atoms with Gasteiger partial charge in [-0.1, -0.05) is 30.3 Å². The highest BCUT2D eigenvalue weighted by Gasteiger charge is 2.38. The van der Waals surface area contributed by atoms with Crippen LogP contribution < -0.4 is 5.32 Å². The molecule has 2 aliphatic rings. The van der Waals surface area contributed by atoms with Gasteiger partial charge >= 0.3 is 0 Å². The van der Waals surface area contributed by atoms with Gasteiger partial charge in [0.1, 0.15) is 0 Å². The molecule has 21 heavy (non-hydrogen) atoms. The smallest absolute Gasteiger partial charge is 0.0475 e. The highest BCUT2D eigenvalue weighted by atomic mass is 15.2. The van der Waals surface area contributed by atoms with Gasteiger partial charge < -0.3 is 5.32 Å². The van der Waals surface area contributed by atoms with Crippen LogP contribution in [0.25, 0.3) is 0 Å². The Morgan fingerprint density at radius 2 is 1.76 bits per heavy atom. The predicted molar refractivity (Wildman–Crippen MR) is 89.4 cm³/mol. The van der Waals surface area contributed by atoms with Crippen LogP contribution in [-0.4, -0.2) is 29.6 Å². The van der Waals surface area contributed by atoms with Crippen molar-refractivity contribution >= 4 is 0 Å². The summed E-state index contributed by atoms with van der Waals surface area (Å²) < 4.78 is 0. The topological polar surface area (TPSA) is 15.3 Å². The van der Waals surface area contributed by atoms with E-state index in [1.807, 2.05) is 0 Å². The summed E-state index contributed by atoms with van der Waals surface area (Å²) in [7, 11) is 0. The van der Waals surface area contributed by atoms with Gasteiger partial charge in [0.2, 0.25) is 0 Å². The Balaban J connectivity index is 1.75. The molecule has 1 unspecified atom stereocenters. The zero-order chi connectivity index (χ0) is 14.9. The molecule has 3 rings (SSSR count). The normalized spacial score (nSPS) is 20.8. The van der Waals surface area contributed by atoms with E-state index in [-0.39, 0.29) is 5.54 Å². The first-order valence-corrected chi connectivity index (χ1v) is 8.59. The molecule has 1 N–H and O–H groups in total.